The van der Waals surface area contributed by atoms with E-state index in [1.54, 1.807) is 0 Å². The molecule has 0 aliphatic carbocycles. The highest BCUT2D eigenvalue weighted by molar-refractivity contribution is 4.77. The Morgan fingerprint density at radius 2 is 2.31 bits per heavy atom. The molecule has 1 heterocycles. The quantitative estimate of drug-likeness (QED) is 0.603. The van der Waals surface area contributed by atoms with Crippen molar-refractivity contribution in [3.63, 3.8) is 0 Å². The van der Waals surface area contributed by atoms with Gasteiger partial charge in [0.25, 0.3) is 0 Å². The second kappa shape index (κ2) is 6.35. The highest BCUT2D eigenvalue weighted by atomic mass is 15.2. The fraction of sp³-hybridized carbons (Fsp3) is 1.00. The Balaban J connectivity index is 2.05. The molecule has 0 aromatic heterocycles. The maximum Gasteiger partial charge on any atom is 0.0230 e. The van der Waals surface area contributed by atoms with Crippen LogP contribution in [0.25, 0.3) is 0 Å². The van der Waals surface area contributed by atoms with Crippen molar-refractivity contribution < 1.29 is 0 Å². The molecule has 1 saturated heterocycles. The molecule has 1 aliphatic rings. The van der Waals surface area contributed by atoms with Gasteiger partial charge in [0.15, 0.2) is 0 Å². The number of likely N-dealkylation sites (N-methyl/N-ethyl adjacent to an activating group) is 1. The molecule has 78 valence electrons. The van der Waals surface area contributed by atoms with Gasteiger partial charge in [0.2, 0.25) is 0 Å². The lowest BCUT2D eigenvalue weighted by Gasteiger charge is -2.33. The van der Waals surface area contributed by atoms with Crippen LogP contribution in [0.4, 0.5) is 0 Å². The highest BCUT2D eigenvalue weighted by Gasteiger charge is 2.17. The summed E-state index contributed by atoms with van der Waals surface area (Å²) < 4.78 is 0. The third-order valence-corrected chi connectivity index (χ3v) is 2.73. The lowest BCUT2D eigenvalue weighted by molar-refractivity contribution is 0.190. The summed E-state index contributed by atoms with van der Waals surface area (Å²) >= 11 is 0. The van der Waals surface area contributed by atoms with Gasteiger partial charge in [0, 0.05) is 25.7 Å². The van der Waals surface area contributed by atoms with E-state index < -0.39 is 0 Å². The first kappa shape index (κ1) is 11.0. The molecule has 1 atom stereocenters. The van der Waals surface area contributed by atoms with E-state index in [0.717, 1.165) is 32.2 Å². The van der Waals surface area contributed by atoms with Gasteiger partial charge in [-0.05, 0) is 33.0 Å². The number of nitrogens with one attached hydrogen (secondary N) is 2. The van der Waals surface area contributed by atoms with Gasteiger partial charge < -0.3 is 15.5 Å². The van der Waals surface area contributed by atoms with Crippen LogP contribution in [0.2, 0.25) is 0 Å². The van der Waals surface area contributed by atoms with Gasteiger partial charge in [-0.2, -0.15) is 0 Å². The van der Waals surface area contributed by atoms with Crippen LogP contribution in [0, 0.1) is 0 Å². The van der Waals surface area contributed by atoms with E-state index in [0.29, 0.717) is 0 Å². The molecule has 1 fully saturated rings. The summed E-state index contributed by atoms with van der Waals surface area (Å²) in [5, 5.41) is 6.89. The summed E-state index contributed by atoms with van der Waals surface area (Å²) in [5.74, 6) is 0. The fourth-order valence-corrected chi connectivity index (χ4v) is 1.76. The molecular weight excluding hydrogens is 162 g/mol. The van der Waals surface area contributed by atoms with E-state index in [9.17, 15) is 0 Å². The van der Waals surface area contributed by atoms with Crippen LogP contribution in [-0.2, 0) is 0 Å². The van der Waals surface area contributed by atoms with Gasteiger partial charge in [-0.15, -0.1) is 0 Å². The largest absolute Gasteiger partial charge is 0.317 e. The Morgan fingerprint density at radius 3 is 3.00 bits per heavy atom. The van der Waals surface area contributed by atoms with E-state index in [1.165, 1.54) is 19.4 Å². The van der Waals surface area contributed by atoms with E-state index in [4.69, 9.17) is 0 Å². The van der Waals surface area contributed by atoms with Crippen molar-refractivity contribution in [2.24, 2.45) is 0 Å². The Hall–Kier alpha value is -0.120. The number of nitrogens with zero attached hydrogens (tertiary/aromatic N) is 1. The minimum Gasteiger partial charge on any atom is -0.317 e. The summed E-state index contributed by atoms with van der Waals surface area (Å²) in [6.45, 7) is 8.02. The van der Waals surface area contributed by atoms with Crippen LogP contribution in [0.5, 0.6) is 0 Å². The minimum atomic E-state index is 0.734. The fourth-order valence-electron chi connectivity index (χ4n) is 1.76. The Kier molecular flexibility index (Phi) is 5.35. The van der Waals surface area contributed by atoms with E-state index >= 15 is 0 Å². The molecular formula is C10H23N3. The average molecular weight is 185 g/mol. The van der Waals surface area contributed by atoms with E-state index in [1.807, 2.05) is 0 Å². The zero-order valence-corrected chi connectivity index (χ0v) is 8.97. The molecule has 0 aromatic rings. The summed E-state index contributed by atoms with van der Waals surface area (Å²) in [4.78, 5) is 2.46. The second-order valence-corrected chi connectivity index (χ2v) is 3.88. The van der Waals surface area contributed by atoms with Crippen LogP contribution in [-0.4, -0.2) is 50.7 Å². The first-order chi connectivity index (χ1) is 6.34. The molecule has 13 heavy (non-hydrogen) atoms. The SMILES string of the molecule is CCCNCCC1CNCCN1C. The molecule has 0 spiro atoms. The van der Waals surface area contributed by atoms with Crippen molar-refractivity contribution in [2.75, 3.05) is 39.8 Å². The van der Waals surface area contributed by atoms with Gasteiger partial charge in [-0.1, -0.05) is 6.92 Å². The summed E-state index contributed by atoms with van der Waals surface area (Å²) in [7, 11) is 2.23. The van der Waals surface area contributed by atoms with Crippen molar-refractivity contribution >= 4 is 0 Å². The third-order valence-electron chi connectivity index (χ3n) is 2.73. The van der Waals surface area contributed by atoms with Crippen molar-refractivity contribution in [2.45, 2.75) is 25.8 Å². The van der Waals surface area contributed by atoms with Crippen LogP contribution >= 0.6 is 0 Å². The molecule has 0 amide bonds. The summed E-state index contributed by atoms with van der Waals surface area (Å²) in [6, 6.07) is 0.734. The summed E-state index contributed by atoms with van der Waals surface area (Å²) in [5.41, 5.74) is 0. The normalized spacial score (nSPS) is 24.9. The Labute approximate surface area is 81.9 Å². The van der Waals surface area contributed by atoms with Gasteiger partial charge in [0.05, 0.1) is 0 Å². The van der Waals surface area contributed by atoms with Crippen molar-refractivity contribution in [3.05, 3.63) is 0 Å². The van der Waals surface area contributed by atoms with Gasteiger partial charge in [-0.25, -0.2) is 0 Å². The molecule has 3 heteroatoms. The monoisotopic (exact) mass is 185 g/mol. The molecule has 0 saturated carbocycles. The van der Waals surface area contributed by atoms with Crippen molar-refractivity contribution in [1.29, 1.82) is 0 Å². The zero-order valence-electron chi connectivity index (χ0n) is 8.97. The number of hydrogen-bond donors (Lipinski definition) is 2. The van der Waals surface area contributed by atoms with Gasteiger partial charge in [-0.3, -0.25) is 0 Å². The van der Waals surface area contributed by atoms with Crippen molar-refractivity contribution in [3.8, 4) is 0 Å². The number of rotatable bonds is 5. The molecule has 1 aliphatic heterocycles. The Bertz CT molecular complexity index is 127. The van der Waals surface area contributed by atoms with E-state index in [2.05, 4.69) is 29.5 Å². The van der Waals surface area contributed by atoms with Gasteiger partial charge >= 0.3 is 0 Å². The predicted molar refractivity (Wildman–Crippen MR) is 57.1 cm³/mol. The molecule has 1 unspecified atom stereocenters. The summed E-state index contributed by atoms with van der Waals surface area (Å²) in [6.07, 6.45) is 2.50. The lowest BCUT2D eigenvalue weighted by atomic mass is 10.1. The van der Waals surface area contributed by atoms with Gasteiger partial charge in [0.1, 0.15) is 0 Å². The molecule has 0 aromatic carbocycles. The molecule has 3 nitrogen and oxygen atoms in total. The van der Waals surface area contributed by atoms with E-state index in [-0.39, 0.29) is 0 Å². The topological polar surface area (TPSA) is 27.3 Å². The minimum absolute atomic E-state index is 0.734. The van der Waals surface area contributed by atoms with Crippen LogP contribution in [0.1, 0.15) is 19.8 Å². The molecule has 0 bridgehead atoms. The lowest BCUT2D eigenvalue weighted by Crippen LogP contribution is -2.50. The molecule has 2 N–H and O–H groups in total. The van der Waals surface area contributed by atoms with Crippen LogP contribution in [0.3, 0.4) is 0 Å². The van der Waals surface area contributed by atoms with Crippen LogP contribution < -0.4 is 10.6 Å². The first-order valence-corrected chi connectivity index (χ1v) is 5.46. The van der Waals surface area contributed by atoms with Crippen LogP contribution in [0.15, 0.2) is 0 Å². The molecule has 0 radical (unpaired) electrons. The third kappa shape index (κ3) is 4.07. The number of hydrogen-bond acceptors (Lipinski definition) is 3. The average Bonchev–Trinajstić information content (AvgIpc) is 2.15. The highest BCUT2D eigenvalue weighted by Crippen LogP contribution is 2.02. The maximum absolute atomic E-state index is 3.45. The standard InChI is InChI=1S/C10H23N3/c1-3-5-11-6-4-10-9-12-7-8-13(10)2/h10-12H,3-9H2,1-2H3. The van der Waals surface area contributed by atoms with Crippen molar-refractivity contribution in [1.82, 2.24) is 15.5 Å². The molecule has 1 rings (SSSR count). The smallest absolute Gasteiger partial charge is 0.0230 e. The maximum atomic E-state index is 3.45. The second-order valence-electron chi connectivity index (χ2n) is 3.88. The zero-order chi connectivity index (χ0) is 9.52. The number of piperazine rings is 1. The first-order valence-electron chi connectivity index (χ1n) is 5.46. The Morgan fingerprint density at radius 1 is 1.46 bits per heavy atom. The predicted octanol–water partition coefficient (Wildman–Crippen LogP) is 0.280.